The van der Waals surface area contributed by atoms with Gasteiger partial charge < -0.3 is 20.1 Å². The molecule has 2 saturated heterocycles. The molecule has 3 unspecified atom stereocenters. The molecule has 2 rings (SSSR count). The first-order valence-corrected chi connectivity index (χ1v) is 7.00. The number of hydrogen-bond donors (Lipinski definition) is 2. The van der Waals surface area contributed by atoms with Crippen LogP contribution < -0.4 is 5.32 Å². The number of urea groups is 1. The Labute approximate surface area is 113 Å². The van der Waals surface area contributed by atoms with Gasteiger partial charge in [-0.25, -0.2) is 9.59 Å². The van der Waals surface area contributed by atoms with Gasteiger partial charge in [0.2, 0.25) is 0 Å². The Bertz CT molecular complexity index is 348. The van der Waals surface area contributed by atoms with Crippen LogP contribution >= 0.6 is 0 Å². The Morgan fingerprint density at radius 2 is 2.11 bits per heavy atom. The Balaban J connectivity index is 1.73. The molecule has 0 radical (unpaired) electrons. The average Bonchev–Trinajstić information content (AvgIpc) is 2.85. The van der Waals surface area contributed by atoms with Crippen molar-refractivity contribution in [2.24, 2.45) is 0 Å². The smallest absolute Gasteiger partial charge is 0.332 e. The van der Waals surface area contributed by atoms with Crippen LogP contribution in [0.1, 0.15) is 39.0 Å². The first kappa shape index (κ1) is 14.1. The summed E-state index contributed by atoms with van der Waals surface area (Å²) in [6.07, 6.45) is 3.61. The van der Waals surface area contributed by atoms with E-state index in [1.54, 1.807) is 0 Å². The van der Waals surface area contributed by atoms with Crippen molar-refractivity contribution in [2.45, 2.75) is 57.3 Å². The third-order valence-corrected chi connectivity index (χ3v) is 3.93. The molecule has 0 aromatic carbocycles. The van der Waals surface area contributed by atoms with E-state index in [0.29, 0.717) is 19.4 Å². The molecule has 0 bridgehead atoms. The van der Waals surface area contributed by atoms with Crippen LogP contribution in [0.4, 0.5) is 4.79 Å². The zero-order valence-corrected chi connectivity index (χ0v) is 11.3. The zero-order chi connectivity index (χ0) is 13.8. The molecule has 0 aromatic rings. The minimum Gasteiger partial charge on any atom is -0.479 e. The number of carboxylic acid groups (broad SMARTS) is 1. The van der Waals surface area contributed by atoms with Crippen molar-refractivity contribution in [2.75, 3.05) is 13.1 Å². The predicted octanol–water partition coefficient (Wildman–Crippen LogP) is 1.20. The summed E-state index contributed by atoms with van der Waals surface area (Å²) in [5.41, 5.74) is 0. The van der Waals surface area contributed by atoms with E-state index in [1.807, 2.05) is 4.90 Å². The van der Waals surface area contributed by atoms with Gasteiger partial charge in [-0.2, -0.15) is 0 Å². The van der Waals surface area contributed by atoms with Crippen LogP contribution in [0.5, 0.6) is 0 Å². The highest BCUT2D eigenvalue weighted by Crippen LogP contribution is 2.20. The van der Waals surface area contributed by atoms with Gasteiger partial charge in [-0.15, -0.1) is 0 Å². The van der Waals surface area contributed by atoms with Crippen molar-refractivity contribution < 1.29 is 19.4 Å². The molecule has 2 aliphatic rings. The third-order valence-electron chi connectivity index (χ3n) is 3.93. The molecule has 0 aliphatic carbocycles. The van der Waals surface area contributed by atoms with Gasteiger partial charge in [-0.1, -0.05) is 0 Å². The summed E-state index contributed by atoms with van der Waals surface area (Å²) >= 11 is 0. The van der Waals surface area contributed by atoms with Gasteiger partial charge in [0.25, 0.3) is 0 Å². The van der Waals surface area contributed by atoms with Gasteiger partial charge in [-0.3, -0.25) is 0 Å². The second-order valence-electron chi connectivity index (χ2n) is 5.39. The Kier molecular flexibility index (Phi) is 4.63. The fraction of sp³-hybridized carbons (Fsp3) is 0.846. The summed E-state index contributed by atoms with van der Waals surface area (Å²) in [6, 6.07) is 0.222. The lowest BCUT2D eigenvalue weighted by Gasteiger charge is -2.33. The molecule has 3 atom stereocenters. The predicted molar refractivity (Wildman–Crippen MR) is 68.9 cm³/mol. The average molecular weight is 270 g/mol. The van der Waals surface area contributed by atoms with E-state index in [0.717, 1.165) is 19.4 Å². The first-order chi connectivity index (χ1) is 9.08. The van der Waals surface area contributed by atoms with E-state index < -0.39 is 12.1 Å². The largest absolute Gasteiger partial charge is 0.479 e. The summed E-state index contributed by atoms with van der Waals surface area (Å²) < 4.78 is 5.35. The standard InChI is InChI=1S/C13H22N2O4/c1-9-4-2-3-7-15(9)13(18)14-8-10-5-6-11(19-10)12(16)17/h9-11H,2-8H2,1H3,(H,14,18)(H,16,17). The highest BCUT2D eigenvalue weighted by Gasteiger charge is 2.31. The summed E-state index contributed by atoms with van der Waals surface area (Å²) in [5, 5.41) is 11.7. The van der Waals surface area contributed by atoms with Crippen LogP contribution in [0.25, 0.3) is 0 Å². The van der Waals surface area contributed by atoms with E-state index in [1.165, 1.54) is 6.42 Å². The molecule has 2 aliphatic heterocycles. The highest BCUT2D eigenvalue weighted by molar-refractivity contribution is 5.74. The lowest BCUT2D eigenvalue weighted by atomic mass is 10.0. The molecule has 0 saturated carbocycles. The molecule has 2 heterocycles. The topological polar surface area (TPSA) is 78.9 Å². The Morgan fingerprint density at radius 3 is 2.74 bits per heavy atom. The highest BCUT2D eigenvalue weighted by atomic mass is 16.5. The quantitative estimate of drug-likeness (QED) is 0.807. The van der Waals surface area contributed by atoms with Crippen LogP contribution in [-0.2, 0) is 9.53 Å². The number of carboxylic acids is 1. The number of aliphatic carboxylic acids is 1. The molecule has 2 amide bonds. The summed E-state index contributed by atoms with van der Waals surface area (Å²) in [6.45, 7) is 3.26. The van der Waals surface area contributed by atoms with Gasteiger partial charge in [-0.05, 0) is 39.0 Å². The molecular formula is C13H22N2O4. The zero-order valence-electron chi connectivity index (χ0n) is 11.3. The Hall–Kier alpha value is -1.30. The van der Waals surface area contributed by atoms with E-state index in [-0.39, 0.29) is 18.2 Å². The number of nitrogens with one attached hydrogen (secondary N) is 1. The molecule has 0 aromatic heterocycles. The van der Waals surface area contributed by atoms with Crippen molar-refractivity contribution >= 4 is 12.0 Å². The number of amides is 2. The normalized spacial score (nSPS) is 31.2. The van der Waals surface area contributed by atoms with Crippen LogP contribution in [0.2, 0.25) is 0 Å². The SMILES string of the molecule is CC1CCCCN1C(=O)NCC1CCC(C(=O)O)O1. The molecule has 19 heavy (non-hydrogen) atoms. The van der Waals surface area contributed by atoms with Gasteiger partial charge >= 0.3 is 12.0 Å². The van der Waals surface area contributed by atoms with Crippen LogP contribution in [0.3, 0.4) is 0 Å². The van der Waals surface area contributed by atoms with E-state index >= 15 is 0 Å². The fourth-order valence-electron chi connectivity index (χ4n) is 2.74. The molecule has 2 fully saturated rings. The van der Waals surface area contributed by atoms with Crippen LogP contribution in [0.15, 0.2) is 0 Å². The van der Waals surface area contributed by atoms with E-state index in [9.17, 15) is 9.59 Å². The lowest BCUT2D eigenvalue weighted by molar-refractivity contribution is -0.149. The van der Waals surface area contributed by atoms with Crippen LogP contribution in [-0.4, -0.2) is 53.3 Å². The number of carbonyl (C=O) groups excluding carboxylic acids is 1. The maximum atomic E-state index is 12.0. The number of hydrogen-bond acceptors (Lipinski definition) is 3. The lowest BCUT2D eigenvalue weighted by Crippen LogP contribution is -2.49. The molecule has 0 spiro atoms. The van der Waals surface area contributed by atoms with E-state index in [2.05, 4.69) is 12.2 Å². The maximum Gasteiger partial charge on any atom is 0.332 e. The summed E-state index contributed by atoms with van der Waals surface area (Å²) in [4.78, 5) is 24.6. The van der Waals surface area contributed by atoms with Gasteiger partial charge in [0.1, 0.15) is 0 Å². The van der Waals surface area contributed by atoms with Crippen molar-refractivity contribution in [1.29, 1.82) is 0 Å². The number of carbonyl (C=O) groups is 2. The van der Waals surface area contributed by atoms with Crippen LogP contribution in [0, 0.1) is 0 Å². The first-order valence-electron chi connectivity index (χ1n) is 7.00. The monoisotopic (exact) mass is 270 g/mol. The fourth-order valence-corrected chi connectivity index (χ4v) is 2.74. The number of piperidine rings is 1. The number of rotatable bonds is 3. The second kappa shape index (κ2) is 6.23. The van der Waals surface area contributed by atoms with Crippen molar-refractivity contribution in [3.63, 3.8) is 0 Å². The minimum atomic E-state index is -0.918. The summed E-state index contributed by atoms with van der Waals surface area (Å²) in [5.74, 6) is -0.918. The molecule has 2 N–H and O–H groups in total. The van der Waals surface area contributed by atoms with Crippen molar-refractivity contribution in [1.82, 2.24) is 10.2 Å². The van der Waals surface area contributed by atoms with Crippen molar-refractivity contribution in [3.05, 3.63) is 0 Å². The third kappa shape index (κ3) is 3.59. The minimum absolute atomic E-state index is 0.0606. The summed E-state index contributed by atoms with van der Waals surface area (Å²) in [7, 11) is 0. The van der Waals surface area contributed by atoms with Crippen molar-refractivity contribution in [3.8, 4) is 0 Å². The number of likely N-dealkylation sites (tertiary alicyclic amines) is 1. The molecule has 108 valence electrons. The molecule has 6 nitrogen and oxygen atoms in total. The van der Waals surface area contributed by atoms with Gasteiger partial charge in [0, 0.05) is 19.1 Å². The number of nitrogens with zero attached hydrogens (tertiary/aromatic N) is 1. The maximum absolute atomic E-state index is 12.0. The Morgan fingerprint density at radius 1 is 1.32 bits per heavy atom. The van der Waals surface area contributed by atoms with E-state index in [4.69, 9.17) is 9.84 Å². The molecular weight excluding hydrogens is 248 g/mol. The number of ether oxygens (including phenoxy) is 1. The van der Waals surface area contributed by atoms with Gasteiger partial charge in [0.15, 0.2) is 6.10 Å². The molecule has 6 heteroatoms. The van der Waals surface area contributed by atoms with Gasteiger partial charge in [0.05, 0.1) is 6.10 Å². The second-order valence-corrected chi connectivity index (χ2v) is 5.39.